The fraction of sp³-hybridized carbons (Fsp3) is 0.500. The molecule has 1 heterocycles. The van der Waals surface area contributed by atoms with E-state index in [9.17, 15) is 9.59 Å². The van der Waals surface area contributed by atoms with E-state index in [-0.39, 0.29) is 23.7 Å². The molecule has 1 saturated heterocycles. The molecule has 8 heteroatoms. The molecule has 2 rings (SSSR count). The number of methoxy groups -OCH3 is 3. The third-order valence-corrected chi connectivity index (χ3v) is 4.85. The number of hydrogen-bond acceptors (Lipinski definition) is 6. The first kappa shape index (κ1) is 18.4. The summed E-state index contributed by atoms with van der Waals surface area (Å²) in [5, 5.41) is 2.45. The first-order chi connectivity index (χ1) is 11.6. The molecule has 1 aliphatic heterocycles. The second kappa shape index (κ2) is 8.79. The second-order valence-corrected chi connectivity index (χ2v) is 6.20. The van der Waals surface area contributed by atoms with Crippen molar-refractivity contribution < 1.29 is 23.8 Å². The molecule has 0 bridgehead atoms. The van der Waals surface area contributed by atoms with E-state index in [1.54, 1.807) is 38.4 Å². The molecule has 0 saturated carbocycles. The van der Waals surface area contributed by atoms with Crippen LogP contribution in [0.4, 0.5) is 0 Å². The van der Waals surface area contributed by atoms with Gasteiger partial charge in [-0.25, -0.2) is 0 Å². The first-order valence-corrected chi connectivity index (χ1v) is 8.54. The van der Waals surface area contributed by atoms with Crippen molar-refractivity contribution in [3.63, 3.8) is 0 Å². The van der Waals surface area contributed by atoms with Crippen LogP contribution in [0.3, 0.4) is 0 Å². The van der Waals surface area contributed by atoms with Crippen molar-refractivity contribution in [2.45, 2.75) is 5.37 Å². The van der Waals surface area contributed by atoms with Gasteiger partial charge in [0, 0.05) is 19.2 Å². The summed E-state index contributed by atoms with van der Waals surface area (Å²) >= 11 is 1.47. The molecule has 1 aromatic carbocycles. The normalized spacial score (nSPS) is 17.0. The highest BCUT2D eigenvalue weighted by Gasteiger charge is 2.35. The molecular weight excluding hydrogens is 332 g/mol. The third kappa shape index (κ3) is 4.33. The predicted molar refractivity (Wildman–Crippen MR) is 91.3 cm³/mol. The number of carbonyl (C=O) groups is 2. The second-order valence-electron chi connectivity index (χ2n) is 5.14. The summed E-state index contributed by atoms with van der Waals surface area (Å²) in [6, 6.07) is 5.44. The van der Waals surface area contributed by atoms with Crippen molar-refractivity contribution in [1.29, 1.82) is 0 Å². The van der Waals surface area contributed by atoms with Crippen molar-refractivity contribution in [2.24, 2.45) is 0 Å². The zero-order chi connectivity index (χ0) is 17.5. The highest BCUT2D eigenvalue weighted by atomic mass is 32.2. The van der Waals surface area contributed by atoms with Gasteiger partial charge >= 0.3 is 0 Å². The number of benzene rings is 1. The molecule has 0 aliphatic carbocycles. The molecule has 7 nitrogen and oxygen atoms in total. The Bertz CT molecular complexity index is 596. The van der Waals surface area contributed by atoms with Crippen LogP contribution in [-0.4, -0.2) is 63.5 Å². The van der Waals surface area contributed by atoms with Gasteiger partial charge < -0.3 is 24.4 Å². The maximum Gasteiger partial charge on any atom is 0.239 e. The van der Waals surface area contributed by atoms with Crippen LogP contribution in [0, 0.1) is 0 Å². The minimum atomic E-state index is -0.282. The zero-order valence-electron chi connectivity index (χ0n) is 14.0. The molecule has 0 radical (unpaired) electrons. The van der Waals surface area contributed by atoms with Crippen LogP contribution in [0.25, 0.3) is 0 Å². The number of ether oxygens (including phenoxy) is 3. The summed E-state index contributed by atoms with van der Waals surface area (Å²) in [6.07, 6.45) is 0. The maximum atomic E-state index is 12.2. The molecule has 0 unspecified atom stereocenters. The highest BCUT2D eigenvalue weighted by molar-refractivity contribution is 8.00. The maximum absolute atomic E-state index is 12.2. The summed E-state index contributed by atoms with van der Waals surface area (Å²) in [5.41, 5.74) is 0.817. The Morgan fingerprint density at radius 1 is 1.33 bits per heavy atom. The fourth-order valence-corrected chi connectivity index (χ4v) is 3.62. The minimum absolute atomic E-state index is 0.000574. The highest BCUT2D eigenvalue weighted by Crippen LogP contribution is 2.43. The molecule has 2 amide bonds. The number of thioether (sulfide) groups is 1. The van der Waals surface area contributed by atoms with Crippen molar-refractivity contribution in [2.75, 3.05) is 46.8 Å². The molecule has 1 aliphatic rings. The summed E-state index contributed by atoms with van der Waals surface area (Å²) in [4.78, 5) is 25.8. The lowest BCUT2D eigenvalue weighted by Gasteiger charge is -2.25. The quantitative estimate of drug-likeness (QED) is 0.703. The van der Waals surface area contributed by atoms with E-state index in [1.165, 1.54) is 11.8 Å². The van der Waals surface area contributed by atoms with Crippen LogP contribution in [0.15, 0.2) is 18.2 Å². The van der Waals surface area contributed by atoms with Gasteiger partial charge in [-0.3, -0.25) is 9.59 Å². The van der Waals surface area contributed by atoms with E-state index in [1.807, 2.05) is 6.07 Å². The van der Waals surface area contributed by atoms with Gasteiger partial charge in [0.05, 0.1) is 26.6 Å². The van der Waals surface area contributed by atoms with E-state index < -0.39 is 0 Å². The van der Waals surface area contributed by atoms with Crippen LogP contribution in [0.2, 0.25) is 0 Å². The lowest BCUT2D eigenvalue weighted by Crippen LogP contribution is -2.40. The molecule has 0 spiro atoms. The minimum Gasteiger partial charge on any atom is -0.497 e. The van der Waals surface area contributed by atoms with Gasteiger partial charge in [-0.15, -0.1) is 11.8 Å². The SMILES string of the molecule is COCCNC(=O)CN1C(=O)CS[C@@H]1c1cc(OC)ccc1OC. The Morgan fingerprint density at radius 2 is 2.12 bits per heavy atom. The van der Waals surface area contributed by atoms with Crippen molar-refractivity contribution in [1.82, 2.24) is 10.2 Å². The van der Waals surface area contributed by atoms with E-state index in [0.717, 1.165) is 5.56 Å². The Hall–Kier alpha value is -1.93. The number of carbonyl (C=O) groups excluding carboxylic acids is 2. The topological polar surface area (TPSA) is 77.1 Å². The van der Waals surface area contributed by atoms with E-state index in [0.29, 0.717) is 30.4 Å². The van der Waals surface area contributed by atoms with E-state index >= 15 is 0 Å². The Kier molecular flexibility index (Phi) is 6.74. The zero-order valence-corrected chi connectivity index (χ0v) is 14.9. The van der Waals surface area contributed by atoms with Gasteiger partial charge in [-0.05, 0) is 18.2 Å². The number of nitrogens with one attached hydrogen (secondary N) is 1. The van der Waals surface area contributed by atoms with Crippen LogP contribution in [-0.2, 0) is 14.3 Å². The average molecular weight is 354 g/mol. The molecular formula is C16H22N2O5S. The number of hydrogen-bond donors (Lipinski definition) is 1. The molecule has 132 valence electrons. The largest absolute Gasteiger partial charge is 0.497 e. The summed E-state index contributed by atoms with van der Waals surface area (Å²) in [5.74, 6) is 1.38. The third-order valence-electron chi connectivity index (χ3n) is 3.61. The van der Waals surface area contributed by atoms with Crippen molar-refractivity contribution in [3.05, 3.63) is 23.8 Å². The Labute approximate surface area is 145 Å². The number of amides is 2. The van der Waals surface area contributed by atoms with Crippen LogP contribution in [0.5, 0.6) is 11.5 Å². The van der Waals surface area contributed by atoms with Gasteiger partial charge in [-0.1, -0.05) is 0 Å². The van der Waals surface area contributed by atoms with Crippen molar-refractivity contribution in [3.8, 4) is 11.5 Å². The lowest BCUT2D eigenvalue weighted by molar-refractivity contribution is -0.133. The Morgan fingerprint density at radius 3 is 2.79 bits per heavy atom. The van der Waals surface area contributed by atoms with Crippen molar-refractivity contribution >= 4 is 23.6 Å². The lowest BCUT2D eigenvalue weighted by atomic mass is 10.1. The van der Waals surface area contributed by atoms with Gasteiger partial charge in [0.15, 0.2) is 0 Å². The molecule has 1 atom stereocenters. The number of rotatable bonds is 8. The first-order valence-electron chi connectivity index (χ1n) is 7.49. The smallest absolute Gasteiger partial charge is 0.239 e. The predicted octanol–water partition coefficient (Wildman–Crippen LogP) is 1.04. The summed E-state index contributed by atoms with van der Waals surface area (Å²) in [7, 11) is 4.73. The summed E-state index contributed by atoms with van der Waals surface area (Å²) in [6.45, 7) is 0.847. The van der Waals surface area contributed by atoms with Gasteiger partial charge in [0.2, 0.25) is 11.8 Å². The van der Waals surface area contributed by atoms with Gasteiger partial charge in [0.1, 0.15) is 23.4 Å². The molecule has 1 N–H and O–H groups in total. The molecule has 0 aromatic heterocycles. The van der Waals surface area contributed by atoms with Crippen LogP contribution < -0.4 is 14.8 Å². The van der Waals surface area contributed by atoms with Crippen LogP contribution in [0.1, 0.15) is 10.9 Å². The monoisotopic (exact) mass is 354 g/mol. The molecule has 1 fully saturated rings. The molecule has 24 heavy (non-hydrogen) atoms. The Balaban J connectivity index is 2.16. The number of nitrogens with zero attached hydrogens (tertiary/aromatic N) is 1. The standard InChI is InChI=1S/C16H22N2O5S/c1-21-7-6-17-14(19)9-18-15(20)10-24-16(18)12-8-11(22-2)4-5-13(12)23-3/h4-5,8,16H,6-7,9-10H2,1-3H3,(H,17,19)/t16-/m1/s1. The molecule has 1 aromatic rings. The van der Waals surface area contributed by atoms with Crippen LogP contribution >= 0.6 is 11.8 Å². The van der Waals surface area contributed by atoms with E-state index in [2.05, 4.69) is 5.32 Å². The van der Waals surface area contributed by atoms with E-state index in [4.69, 9.17) is 14.2 Å². The van der Waals surface area contributed by atoms with Gasteiger partial charge in [-0.2, -0.15) is 0 Å². The fourth-order valence-electron chi connectivity index (χ4n) is 2.42. The van der Waals surface area contributed by atoms with Gasteiger partial charge in [0.25, 0.3) is 0 Å². The average Bonchev–Trinajstić information content (AvgIpc) is 2.95. The summed E-state index contributed by atoms with van der Waals surface area (Å²) < 4.78 is 15.6.